The molecular formula is C18H21NO3S3. The molecule has 0 fully saturated rings. The van der Waals surface area contributed by atoms with Crippen LogP contribution in [0.3, 0.4) is 0 Å². The fourth-order valence-electron chi connectivity index (χ4n) is 2.25. The lowest BCUT2D eigenvalue weighted by molar-refractivity contribution is -0.117. The Bertz CT molecular complexity index is 926. The molecule has 0 aliphatic heterocycles. The maximum atomic E-state index is 13.0. The van der Waals surface area contributed by atoms with E-state index in [0.29, 0.717) is 0 Å². The molecule has 1 aromatic carbocycles. The smallest absolute Gasteiger partial charge is 0.243 e. The van der Waals surface area contributed by atoms with Crippen LogP contribution in [0.4, 0.5) is 0 Å². The van der Waals surface area contributed by atoms with Crippen molar-refractivity contribution in [3.8, 4) is 0 Å². The highest BCUT2D eigenvalue weighted by Crippen LogP contribution is 2.26. The maximum Gasteiger partial charge on any atom is 0.243 e. The Kier molecular flexibility index (Phi) is 6.62. The summed E-state index contributed by atoms with van der Waals surface area (Å²) < 4.78 is 28.3. The second-order valence-corrected chi connectivity index (χ2v) is 9.93. The number of nitrogens with zero attached hydrogens (tertiary/aromatic N) is 1. The van der Waals surface area contributed by atoms with Crippen molar-refractivity contribution in [2.24, 2.45) is 0 Å². The predicted octanol–water partition coefficient (Wildman–Crippen LogP) is 4.65. The average Bonchev–Trinajstić information content (AvgIpc) is 2.99. The minimum Gasteiger partial charge on any atom is -0.299 e. The number of fused-ring (bicyclic) bond motifs is 1. The molecule has 0 aliphatic carbocycles. The van der Waals surface area contributed by atoms with Gasteiger partial charge in [-0.3, -0.25) is 4.79 Å². The third-order valence-corrected chi connectivity index (χ3v) is 6.96. The van der Waals surface area contributed by atoms with Gasteiger partial charge in [-0.15, -0.1) is 23.1 Å². The van der Waals surface area contributed by atoms with Gasteiger partial charge in [0.05, 0.1) is 11.4 Å². The topological polar surface area (TPSA) is 54.5 Å². The molecule has 0 unspecified atom stereocenters. The Morgan fingerprint density at radius 3 is 2.60 bits per heavy atom. The van der Waals surface area contributed by atoms with Crippen LogP contribution in [0.1, 0.15) is 20.8 Å². The summed E-state index contributed by atoms with van der Waals surface area (Å²) in [6, 6.07) is 6.96. The van der Waals surface area contributed by atoms with Crippen molar-refractivity contribution in [2.45, 2.75) is 25.7 Å². The fraction of sp³-hybridized carbons (Fsp3) is 0.278. The molecule has 0 N–H and O–H groups in total. The van der Waals surface area contributed by atoms with Crippen LogP contribution in [0.2, 0.25) is 0 Å². The molecule has 4 nitrogen and oxygen atoms in total. The van der Waals surface area contributed by atoms with Crippen LogP contribution in [-0.2, 0) is 14.8 Å². The lowest BCUT2D eigenvalue weighted by Crippen LogP contribution is -2.36. The van der Waals surface area contributed by atoms with E-state index in [1.165, 1.54) is 23.0 Å². The summed E-state index contributed by atoms with van der Waals surface area (Å²) in [5.41, 5.74) is 0.856. The molecule has 1 heterocycles. The molecule has 7 heteroatoms. The number of thiophene rings is 1. The number of ketones is 1. The molecule has 0 bridgehead atoms. The van der Waals surface area contributed by atoms with Crippen molar-refractivity contribution in [1.29, 1.82) is 0 Å². The fourth-order valence-corrected chi connectivity index (χ4v) is 5.03. The van der Waals surface area contributed by atoms with E-state index < -0.39 is 10.0 Å². The lowest BCUT2D eigenvalue weighted by atomic mass is 10.3. The van der Waals surface area contributed by atoms with Gasteiger partial charge in [-0.1, -0.05) is 12.2 Å². The quantitative estimate of drug-likeness (QED) is 0.653. The lowest BCUT2D eigenvalue weighted by Gasteiger charge is -2.21. The summed E-state index contributed by atoms with van der Waals surface area (Å²) in [6.45, 7) is 8.96. The zero-order valence-corrected chi connectivity index (χ0v) is 16.9. The van der Waals surface area contributed by atoms with E-state index in [9.17, 15) is 13.2 Å². The molecule has 2 aromatic rings. The summed E-state index contributed by atoms with van der Waals surface area (Å²) >= 11 is 3.01. The summed E-state index contributed by atoms with van der Waals surface area (Å²) in [5, 5.41) is 4.68. The standard InChI is InChI=1S/C18H21NO3S3/c1-13(2)24-12-14(3)10-19(11-15(4)20)25(21,22)17-5-6-18-16(9-17)7-8-23-18/h5-9,12H,1,10-11H2,2-4H3/b14-12+. The number of thioether (sulfide) groups is 1. The van der Waals surface area contributed by atoms with Crippen molar-refractivity contribution in [3.05, 3.63) is 52.1 Å². The highest BCUT2D eigenvalue weighted by atomic mass is 32.2. The zero-order valence-electron chi connectivity index (χ0n) is 14.5. The largest absolute Gasteiger partial charge is 0.299 e. The molecule has 0 aliphatic rings. The number of allylic oxidation sites excluding steroid dienone is 1. The van der Waals surface area contributed by atoms with Crippen LogP contribution >= 0.6 is 23.1 Å². The third kappa shape index (κ3) is 5.28. The number of carbonyl (C=O) groups excluding carboxylic acids is 1. The molecule has 25 heavy (non-hydrogen) atoms. The second-order valence-electron chi connectivity index (χ2n) is 5.88. The van der Waals surface area contributed by atoms with Gasteiger partial charge in [0, 0.05) is 11.2 Å². The van der Waals surface area contributed by atoms with Gasteiger partial charge < -0.3 is 0 Å². The van der Waals surface area contributed by atoms with Gasteiger partial charge in [0.1, 0.15) is 5.78 Å². The zero-order chi connectivity index (χ0) is 18.6. The minimum atomic E-state index is -3.75. The monoisotopic (exact) mass is 395 g/mol. The van der Waals surface area contributed by atoms with Crippen molar-refractivity contribution in [3.63, 3.8) is 0 Å². The van der Waals surface area contributed by atoms with Crippen LogP contribution in [0, 0.1) is 0 Å². The number of hydrogen-bond acceptors (Lipinski definition) is 5. The summed E-state index contributed by atoms with van der Waals surface area (Å²) in [6.07, 6.45) is 0. The van der Waals surface area contributed by atoms with Crippen LogP contribution in [0.25, 0.3) is 10.1 Å². The third-order valence-electron chi connectivity index (χ3n) is 3.35. The van der Waals surface area contributed by atoms with Gasteiger partial charge >= 0.3 is 0 Å². The molecule has 0 saturated carbocycles. The number of sulfonamides is 1. The van der Waals surface area contributed by atoms with E-state index >= 15 is 0 Å². The van der Waals surface area contributed by atoms with Gasteiger partial charge in [-0.2, -0.15) is 4.31 Å². The Morgan fingerprint density at radius 2 is 1.96 bits per heavy atom. The Balaban J connectivity index is 2.35. The van der Waals surface area contributed by atoms with E-state index in [1.54, 1.807) is 29.5 Å². The first-order chi connectivity index (χ1) is 11.7. The Morgan fingerprint density at radius 1 is 1.24 bits per heavy atom. The molecule has 0 atom stereocenters. The first-order valence-electron chi connectivity index (χ1n) is 7.65. The van der Waals surface area contributed by atoms with E-state index in [4.69, 9.17) is 0 Å². The first-order valence-corrected chi connectivity index (χ1v) is 10.8. The number of benzene rings is 1. The molecule has 134 valence electrons. The van der Waals surface area contributed by atoms with Crippen LogP contribution < -0.4 is 0 Å². The maximum absolute atomic E-state index is 13.0. The molecule has 0 spiro atoms. The summed E-state index contributed by atoms with van der Waals surface area (Å²) in [7, 11) is -3.75. The Labute approximate surface area is 157 Å². The summed E-state index contributed by atoms with van der Waals surface area (Å²) in [4.78, 5) is 12.7. The van der Waals surface area contributed by atoms with Gasteiger partial charge in [0.2, 0.25) is 10.0 Å². The molecular weight excluding hydrogens is 374 g/mol. The number of rotatable bonds is 8. The normalized spacial score (nSPS) is 12.7. The van der Waals surface area contributed by atoms with E-state index in [-0.39, 0.29) is 23.8 Å². The second kappa shape index (κ2) is 8.31. The SMILES string of the molecule is C=C(C)S/C=C(\C)CN(CC(C)=O)S(=O)(=O)c1ccc2sccc2c1. The van der Waals surface area contributed by atoms with E-state index in [0.717, 1.165) is 20.6 Å². The molecule has 0 saturated heterocycles. The van der Waals surface area contributed by atoms with Crippen molar-refractivity contribution < 1.29 is 13.2 Å². The van der Waals surface area contributed by atoms with Crippen LogP contribution in [0.15, 0.2) is 57.0 Å². The van der Waals surface area contributed by atoms with Gasteiger partial charge in [-0.25, -0.2) is 8.42 Å². The molecule has 2 rings (SSSR count). The number of carbonyl (C=O) groups is 1. The van der Waals surface area contributed by atoms with E-state index in [1.807, 2.05) is 30.7 Å². The Hall–Kier alpha value is -1.41. The van der Waals surface area contributed by atoms with Crippen molar-refractivity contribution in [1.82, 2.24) is 4.31 Å². The van der Waals surface area contributed by atoms with Crippen molar-refractivity contribution >= 4 is 49.0 Å². The van der Waals surface area contributed by atoms with Crippen LogP contribution in [0.5, 0.6) is 0 Å². The van der Waals surface area contributed by atoms with Gasteiger partial charge in [-0.05, 0) is 66.1 Å². The summed E-state index contributed by atoms with van der Waals surface area (Å²) in [5.74, 6) is -0.194. The van der Waals surface area contributed by atoms with Crippen LogP contribution in [-0.4, -0.2) is 31.6 Å². The van der Waals surface area contributed by atoms with Crippen molar-refractivity contribution in [2.75, 3.05) is 13.1 Å². The highest BCUT2D eigenvalue weighted by Gasteiger charge is 2.26. The average molecular weight is 396 g/mol. The highest BCUT2D eigenvalue weighted by molar-refractivity contribution is 8.05. The number of Topliss-reactive ketones (excluding diaryl/α,β-unsaturated/α-hetero) is 1. The minimum absolute atomic E-state index is 0.146. The molecule has 0 radical (unpaired) electrons. The first kappa shape index (κ1) is 19.9. The van der Waals surface area contributed by atoms with Gasteiger partial charge in [0.25, 0.3) is 0 Å². The molecule has 1 aromatic heterocycles. The van der Waals surface area contributed by atoms with Gasteiger partial charge in [0.15, 0.2) is 0 Å². The number of hydrogen-bond donors (Lipinski definition) is 0. The van der Waals surface area contributed by atoms with E-state index in [2.05, 4.69) is 6.58 Å². The predicted molar refractivity (Wildman–Crippen MR) is 107 cm³/mol. The molecule has 0 amide bonds.